The molecule has 0 bridgehead atoms. The van der Waals surface area contributed by atoms with Crippen molar-refractivity contribution in [2.24, 2.45) is 0 Å². The van der Waals surface area contributed by atoms with Crippen LogP contribution in [0.25, 0.3) is 0 Å². The molecule has 0 aliphatic rings. The van der Waals surface area contributed by atoms with E-state index in [2.05, 4.69) is 5.32 Å². The van der Waals surface area contributed by atoms with Gasteiger partial charge in [-0.05, 0) is 50.6 Å². The Morgan fingerprint density at radius 1 is 1.14 bits per heavy atom. The lowest BCUT2D eigenvalue weighted by atomic mass is 10.1. The van der Waals surface area contributed by atoms with Gasteiger partial charge in [-0.1, -0.05) is 25.1 Å². The van der Waals surface area contributed by atoms with E-state index < -0.39 is 10.0 Å². The summed E-state index contributed by atoms with van der Waals surface area (Å²) in [5.41, 5.74) is 1.12. The van der Waals surface area contributed by atoms with E-state index in [1.165, 1.54) is 11.4 Å². The van der Waals surface area contributed by atoms with E-state index in [-0.39, 0.29) is 23.4 Å². The third-order valence-corrected chi connectivity index (χ3v) is 6.27. The standard InChI is InChI=1S/C21H28N2O4S/c1-5-16(3)22-21(24)17-12-13-20(27-6-2)18(14-17)15-23(4)28(25,26)19-10-8-7-9-11-19/h7-14,16H,5-6,15H2,1-4H3,(H,22,24). The maximum atomic E-state index is 12.8. The van der Waals surface area contributed by atoms with Crippen molar-refractivity contribution in [3.63, 3.8) is 0 Å². The average molecular weight is 405 g/mol. The summed E-state index contributed by atoms with van der Waals surface area (Å²) in [6, 6.07) is 13.4. The fraction of sp³-hybridized carbons (Fsp3) is 0.381. The molecule has 0 aromatic heterocycles. The molecule has 0 saturated heterocycles. The van der Waals surface area contributed by atoms with Crippen molar-refractivity contribution < 1.29 is 17.9 Å². The van der Waals surface area contributed by atoms with Gasteiger partial charge in [-0.3, -0.25) is 4.79 Å². The molecule has 0 fully saturated rings. The van der Waals surface area contributed by atoms with Crippen molar-refractivity contribution in [3.8, 4) is 5.75 Å². The second kappa shape index (κ2) is 9.71. The third-order valence-electron chi connectivity index (χ3n) is 4.46. The number of hydrogen-bond acceptors (Lipinski definition) is 4. The highest BCUT2D eigenvalue weighted by Crippen LogP contribution is 2.24. The molecule has 1 unspecified atom stereocenters. The van der Waals surface area contributed by atoms with Crippen LogP contribution in [0.4, 0.5) is 0 Å². The summed E-state index contributed by atoms with van der Waals surface area (Å²) in [4.78, 5) is 12.7. The molecular weight excluding hydrogens is 376 g/mol. The van der Waals surface area contributed by atoms with Crippen LogP contribution in [0.15, 0.2) is 53.4 Å². The van der Waals surface area contributed by atoms with E-state index in [1.54, 1.807) is 48.5 Å². The second-order valence-electron chi connectivity index (χ2n) is 6.61. The largest absolute Gasteiger partial charge is 0.494 e. The van der Waals surface area contributed by atoms with Crippen LogP contribution in [0.2, 0.25) is 0 Å². The maximum Gasteiger partial charge on any atom is 0.251 e. The average Bonchev–Trinajstić information content (AvgIpc) is 2.69. The molecule has 1 amide bonds. The normalized spacial score (nSPS) is 12.6. The van der Waals surface area contributed by atoms with E-state index in [1.807, 2.05) is 20.8 Å². The molecule has 1 N–H and O–H groups in total. The molecule has 0 aliphatic carbocycles. The van der Waals surface area contributed by atoms with Crippen molar-refractivity contribution in [3.05, 3.63) is 59.7 Å². The first-order chi connectivity index (χ1) is 13.3. The van der Waals surface area contributed by atoms with Crippen LogP contribution in [0.3, 0.4) is 0 Å². The lowest BCUT2D eigenvalue weighted by Crippen LogP contribution is -2.32. The Balaban J connectivity index is 2.31. The Kier molecular flexibility index (Phi) is 7.60. The highest BCUT2D eigenvalue weighted by atomic mass is 32.2. The van der Waals surface area contributed by atoms with E-state index in [0.717, 1.165) is 6.42 Å². The second-order valence-corrected chi connectivity index (χ2v) is 8.66. The fourth-order valence-electron chi connectivity index (χ4n) is 2.65. The lowest BCUT2D eigenvalue weighted by Gasteiger charge is -2.20. The van der Waals surface area contributed by atoms with Gasteiger partial charge in [0.25, 0.3) is 5.91 Å². The van der Waals surface area contributed by atoms with Crippen LogP contribution >= 0.6 is 0 Å². The van der Waals surface area contributed by atoms with Crippen molar-refractivity contribution in [1.29, 1.82) is 0 Å². The van der Waals surface area contributed by atoms with Crippen LogP contribution in [-0.4, -0.2) is 38.3 Å². The highest BCUT2D eigenvalue weighted by molar-refractivity contribution is 7.89. The van der Waals surface area contributed by atoms with Gasteiger partial charge in [-0.15, -0.1) is 0 Å². The number of sulfonamides is 1. The van der Waals surface area contributed by atoms with Gasteiger partial charge in [-0.25, -0.2) is 8.42 Å². The van der Waals surface area contributed by atoms with Gasteiger partial charge < -0.3 is 10.1 Å². The minimum absolute atomic E-state index is 0.0589. The summed E-state index contributed by atoms with van der Waals surface area (Å²) in [5.74, 6) is 0.380. The van der Waals surface area contributed by atoms with E-state index in [4.69, 9.17) is 4.74 Å². The lowest BCUT2D eigenvalue weighted by molar-refractivity contribution is 0.0939. The summed E-state index contributed by atoms with van der Waals surface area (Å²) in [5, 5.41) is 2.92. The molecule has 2 aromatic carbocycles. The van der Waals surface area contributed by atoms with Crippen LogP contribution < -0.4 is 10.1 Å². The number of nitrogens with zero attached hydrogens (tertiary/aromatic N) is 1. The Bertz CT molecular complexity index is 898. The van der Waals surface area contributed by atoms with Gasteiger partial charge in [0.1, 0.15) is 5.75 Å². The summed E-state index contributed by atoms with van der Waals surface area (Å²) >= 11 is 0. The van der Waals surface area contributed by atoms with Gasteiger partial charge in [-0.2, -0.15) is 4.31 Å². The third kappa shape index (κ3) is 5.33. The number of carbonyl (C=O) groups excluding carboxylic acids is 1. The van der Waals surface area contributed by atoms with Crippen LogP contribution in [0.1, 0.15) is 43.1 Å². The first-order valence-corrected chi connectivity index (χ1v) is 10.8. The predicted octanol–water partition coefficient (Wildman–Crippen LogP) is 3.43. The Hall–Kier alpha value is -2.38. The van der Waals surface area contributed by atoms with Gasteiger partial charge in [0.2, 0.25) is 10.0 Å². The Labute approximate surface area is 167 Å². The number of rotatable bonds is 9. The molecule has 152 valence electrons. The zero-order valence-corrected chi connectivity index (χ0v) is 17.6. The summed E-state index contributed by atoms with van der Waals surface area (Å²) in [6.45, 7) is 6.33. The molecule has 0 saturated carbocycles. The first-order valence-electron chi connectivity index (χ1n) is 9.37. The SMILES string of the molecule is CCOc1ccc(C(=O)NC(C)CC)cc1CN(C)S(=O)(=O)c1ccccc1. The Morgan fingerprint density at radius 3 is 2.43 bits per heavy atom. The van der Waals surface area contributed by atoms with Crippen molar-refractivity contribution in [2.75, 3.05) is 13.7 Å². The number of carbonyl (C=O) groups is 1. The summed E-state index contributed by atoms with van der Waals surface area (Å²) < 4.78 is 32.5. The molecular formula is C21H28N2O4S. The van der Waals surface area contributed by atoms with Crippen molar-refractivity contribution in [1.82, 2.24) is 9.62 Å². The Morgan fingerprint density at radius 2 is 1.82 bits per heavy atom. The smallest absolute Gasteiger partial charge is 0.251 e. The van der Waals surface area contributed by atoms with E-state index >= 15 is 0 Å². The number of hydrogen-bond donors (Lipinski definition) is 1. The summed E-state index contributed by atoms with van der Waals surface area (Å²) in [6.07, 6.45) is 0.827. The minimum Gasteiger partial charge on any atom is -0.494 e. The van der Waals surface area contributed by atoms with Gasteiger partial charge in [0, 0.05) is 30.8 Å². The molecule has 0 aliphatic heterocycles. The molecule has 7 heteroatoms. The van der Waals surface area contributed by atoms with Crippen LogP contribution in [-0.2, 0) is 16.6 Å². The van der Waals surface area contributed by atoms with E-state index in [9.17, 15) is 13.2 Å². The first kappa shape index (κ1) is 21.9. The zero-order chi connectivity index (χ0) is 20.7. The maximum absolute atomic E-state index is 12.8. The number of ether oxygens (including phenoxy) is 1. The van der Waals surface area contributed by atoms with Gasteiger partial charge in [0.05, 0.1) is 11.5 Å². The molecule has 2 aromatic rings. The zero-order valence-electron chi connectivity index (χ0n) is 16.8. The number of benzene rings is 2. The van der Waals surface area contributed by atoms with Crippen LogP contribution in [0, 0.1) is 0 Å². The van der Waals surface area contributed by atoms with Gasteiger partial charge >= 0.3 is 0 Å². The molecule has 1 atom stereocenters. The fourth-order valence-corrected chi connectivity index (χ4v) is 3.82. The van der Waals surface area contributed by atoms with E-state index in [0.29, 0.717) is 23.5 Å². The van der Waals surface area contributed by atoms with Gasteiger partial charge in [0.15, 0.2) is 0 Å². The molecule has 6 nitrogen and oxygen atoms in total. The quantitative estimate of drug-likeness (QED) is 0.695. The minimum atomic E-state index is -3.65. The van der Waals surface area contributed by atoms with Crippen molar-refractivity contribution in [2.45, 2.75) is 44.7 Å². The summed E-state index contributed by atoms with van der Waals surface area (Å²) in [7, 11) is -2.13. The highest BCUT2D eigenvalue weighted by Gasteiger charge is 2.22. The molecule has 0 spiro atoms. The number of nitrogens with one attached hydrogen (secondary N) is 1. The molecule has 28 heavy (non-hydrogen) atoms. The molecule has 2 rings (SSSR count). The number of amides is 1. The molecule has 0 radical (unpaired) electrons. The topological polar surface area (TPSA) is 75.7 Å². The molecule has 0 heterocycles. The predicted molar refractivity (Wildman–Crippen MR) is 110 cm³/mol. The van der Waals surface area contributed by atoms with Crippen molar-refractivity contribution >= 4 is 15.9 Å². The van der Waals surface area contributed by atoms with Crippen LogP contribution in [0.5, 0.6) is 5.75 Å². The monoisotopic (exact) mass is 404 g/mol.